The highest BCUT2D eigenvalue weighted by molar-refractivity contribution is 6.30. The van der Waals surface area contributed by atoms with Gasteiger partial charge in [0.25, 0.3) is 0 Å². The lowest BCUT2D eigenvalue weighted by Gasteiger charge is -2.19. The lowest BCUT2D eigenvalue weighted by Crippen LogP contribution is -2.34. The van der Waals surface area contributed by atoms with Gasteiger partial charge in [0.05, 0.1) is 5.02 Å². The molecular formula is C10H13ClFNO. The van der Waals surface area contributed by atoms with Gasteiger partial charge in [-0.2, -0.15) is 0 Å². The number of phenolic OH excluding ortho intramolecular Hbond substituents is 1. The van der Waals surface area contributed by atoms with E-state index in [1.807, 2.05) is 13.8 Å². The predicted molar refractivity (Wildman–Crippen MR) is 55.0 cm³/mol. The van der Waals surface area contributed by atoms with Gasteiger partial charge in [-0.3, -0.25) is 0 Å². The van der Waals surface area contributed by atoms with Gasteiger partial charge in [-0.25, -0.2) is 4.39 Å². The summed E-state index contributed by atoms with van der Waals surface area (Å²) in [6.07, 6.45) is 0.443. The first-order valence-electron chi connectivity index (χ1n) is 4.25. The molecule has 0 aromatic heterocycles. The molecule has 1 rings (SSSR count). The number of benzene rings is 1. The van der Waals surface area contributed by atoms with Gasteiger partial charge in [-0.1, -0.05) is 11.6 Å². The van der Waals surface area contributed by atoms with Crippen LogP contribution >= 0.6 is 11.6 Å². The van der Waals surface area contributed by atoms with Crippen LogP contribution in [-0.4, -0.2) is 10.6 Å². The van der Waals surface area contributed by atoms with E-state index in [0.29, 0.717) is 12.0 Å². The second-order valence-electron chi connectivity index (χ2n) is 4.06. The quantitative estimate of drug-likeness (QED) is 0.800. The molecule has 2 nitrogen and oxygen atoms in total. The molecule has 0 saturated carbocycles. The van der Waals surface area contributed by atoms with Crippen LogP contribution in [0.4, 0.5) is 4.39 Å². The normalized spacial score (nSPS) is 11.8. The molecule has 0 fully saturated rings. The van der Waals surface area contributed by atoms with Crippen molar-refractivity contribution in [2.24, 2.45) is 5.73 Å². The van der Waals surface area contributed by atoms with Gasteiger partial charge in [0.2, 0.25) is 0 Å². The van der Waals surface area contributed by atoms with Crippen LogP contribution in [0.15, 0.2) is 12.1 Å². The second-order valence-corrected chi connectivity index (χ2v) is 4.47. The van der Waals surface area contributed by atoms with Crippen LogP contribution in [0.1, 0.15) is 19.4 Å². The largest absolute Gasteiger partial charge is 0.508 e. The zero-order valence-electron chi connectivity index (χ0n) is 8.14. The first kappa shape index (κ1) is 11.3. The zero-order chi connectivity index (χ0) is 10.9. The Kier molecular flexibility index (Phi) is 3.02. The van der Waals surface area contributed by atoms with Crippen molar-refractivity contribution in [2.75, 3.05) is 0 Å². The third-order valence-electron chi connectivity index (χ3n) is 1.77. The number of rotatable bonds is 2. The SMILES string of the molecule is CC(C)(N)Cc1cc(Cl)c(F)cc1O. The molecule has 0 aliphatic heterocycles. The standard InChI is InChI=1S/C10H13ClFNO/c1-10(2,13)5-6-3-7(11)8(12)4-9(6)14/h3-4,14H,5,13H2,1-2H3. The minimum atomic E-state index is -0.622. The molecule has 0 heterocycles. The van der Waals surface area contributed by atoms with Crippen molar-refractivity contribution in [1.29, 1.82) is 0 Å². The topological polar surface area (TPSA) is 46.2 Å². The number of phenols is 1. The summed E-state index contributed by atoms with van der Waals surface area (Å²) >= 11 is 5.59. The van der Waals surface area contributed by atoms with Crippen molar-refractivity contribution >= 4 is 11.6 Å². The molecule has 78 valence electrons. The minimum Gasteiger partial charge on any atom is -0.508 e. The van der Waals surface area contributed by atoms with Gasteiger partial charge in [-0.15, -0.1) is 0 Å². The maximum Gasteiger partial charge on any atom is 0.145 e. The van der Waals surface area contributed by atoms with Gasteiger partial charge < -0.3 is 10.8 Å². The Bertz CT molecular complexity index is 347. The van der Waals surface area contributed by atoms with E-state index in [0.717, 1.165) is 6.07 Å². The van der Waals surface area contributed by atoms with E-state index in [4.69, 9.17) is 17.3 Å². The molecule has 0 amide bonds. The summed E-state index contributed by atoms with van der Waals surface area (Å²) in [6, 6.07) is 2.41. The average molecular weight is 218 g/mol. The van der Waals surface area contributed by atoms with Gasteiger partial charge in [0.15, 0.2) is 0 Å². The van der Waals surface area contributed by atoms with Crippen molar-refractivity contribution in [3.8, 4) is 5.75 Å². The summed E-state index contributed by atoms with van der Waals surface area (Å²) in [5.41, 5.74) is 5.88. The summed E-state index contributed by atoms with van der Waals surface area (Å²) in [5, 5.41) is 9.43. The summed E-state index contributed by atoms with van der Waals surface area (Å²) in [7, 11) is 0. The number of hydrogen-bond donors (Lipinski definition) is 2. The maximum absolute atomic E-state index is 12.9. The fourth-order valence-corrected chi connectivity index (χ4v) is 1.40. The molecule has 0 aliphatic rings. The van der Waals surface area contributed by atoms with E-state index in [2.05, 4.69) is 0 Å². The smallest absolute Gasteiger partial charge is 0.145 e. The van der Waals surface area contributed by atoms with Crippen molar-refractivity contribution in [3.63, 3.8) is 0 Å². The molecule has 0 unspecified atom stereocenters. The highest BCUT2D eigenvalue weighted by Gasteiger charge is 2.16. The molecule has 0 saturated heterocycles. The Balaban J connectivity index is 3.04. The third-order valence-corrected chi connectivity index (χ3v) is 2.06. The molecule has 0 radical (unpaired) electrons. The summed E-state index contributed by atoms with van der Waals surface area (Å²) in [5.74, 6) is -0.729. The third kappa shape index (κ3) is 2.86. The van der Waals surface area contributed by atoms with Crippen molar-refractivity contribution < 1.29 is 9.50 Å². The van der Waals surface area contributed by atoms with Gasteiger partial charge >= 0.3 is 0 Å². The van der Waals surface area contributed by atoms with Crippen LogP contribution in [-0.2, 0) is 6.42 Å². The van der Waals surface area contributed by atoms with E-state index in [-0.39, 0.29) is 10.8 Å². The fraction of sp³-hybridized carbons (Fsp3) is 0.400. The minimum absolute atomic E-state index is 0.00190. The Labute approximate surface area is 87.5 Å². The van der Waals surface area contributed by atoms with Crippen LogP contribution < -0.4 is 5.73 Å². The lowest BCUT2D eigenvalue weighted by atomic mass is 9.95. The summed E-state index contributed by atoms with van der Waals surface area (Å²) < 4.78 is 12.9. The van der Waals surface area contributed by atoms with Crippen molar-refractivity contribution in [2.45, 2.75) is 25.8 Å². The Morgan fingerprint density at radius 1 is 1.50 bits per heavy atom. The summed E-state index contributed by atoms with van der Waals surface area (Å²) in [4.78, 5) is 0. The summed E-state index contributed by atoms with van der Waals surface area (Å²) in [6.45, 7) is 3.65. The number of halogens is 2. The molecular weight excluding hydrogens is 205 g/mol. The predicted octanol–water partition coefficient (Wildman–Crippen LogP) is 2.46. The second kappa shape index (κ2) is 3.75. The van der Waals surface area contributed by atoms with Crippen LogP contribution in [0.25, 0.3) is 0 Å². The van der Waals surface area contributed by atoms with E-state index < -0.39 is 11.4 Å². The number of aromatic hydroxyl groups is 1. The molecule has 0 aliphatic carbocycles. The Hall–Kier alpha value is -0.800. The molecule has 3 N–H and O–H groups in total. The molecule has 1 aromatic rings. The van der Waals surface area contributed by atoms with E-state index >= 15 is 0 Å². The van der Waals surface area contributed by atoms with E-state index in [9.17, 15) is 9.50 Å². The fourth-order valence-electron chi connectivity index (χ4n) is 1.21. The van der Waals surface area contributed by atoms with Crippen LogP contribution in [0.5, 0.6) is 5.75 Å². The van der Waals surface area contributed by atoms with E-state index in [1.165, 1.54) is 6.07 Å². The average Bonchev–Trinajstić information content (AvgIpc) is 1.97. The molecule has 0 spiro atoms. The van der Waals surface area contributed by atoms with Crippen molar-refractivity contribution in [1.82, 2.24) is 0 Å². The van der Waals surface area contributed by atoms with Crippen LogP contribution in [0, 0.1) is 5.82 Å². The highest BCUT2D eigenvalue weighted by Crippen LogP contribution is 2.27. The number of hydrogen-bond acceptors (Lipinski definition) is 2. The monoisotopic (exact) mass is 217 g/mol. The first-order valence-corrected chi connectivity index (χ1v) is 4.63. The van der Waals surface area contributed by atoms with Crippen LogP contribution in [0.2, 0.25) is 5.02 Å². The molecule has 1 aromatic carbocycles. The molecule has 0 bridgehead atoms. The molecule has 14 heavy (non-hydrogen) atoms. The Morgan fingerprint density at radius 2 is 2.07 bits per heavy atom. The first-order chi connectivity index (χ1) is 6.29. The Morgan fingerprint density at radius 3 is 2.57 bits per heavy atom. The van der Waals surface area contributed by atoms with Gasteiger partial charge in [0.1, 0.15) is 11.6 Å². The van der Waals surface area contributed by atoms with Gasteiger partial charge in [0, 0.05) is 11.6 Å². The zero-order valence-corrected chi connectivity index (χ0v) is 8.90. The molecule has 0 atom stereocenters. The highest BCUT2D eigenvalue weighted by atomic mass is 35.5. The van der Waals surface area contributed by atoms with Crippen LogP contribution in [0.3, 0.4) is 0 Å². The maximum atomic E-state index is 12.9. The van der Waals surface area contributed by atoms with E-state index in [1.54, 1.807) is 0 Å². The molecule has 4 heteroatoms. The van der Waals surface area contributed by atoms with Crippen molar-refractivity contribution in [3.05, 3.63) is 28.5 Å². The number of nitrogens with two attached hydrogens (primary N) is 1. The lowest BCUT2D eigenvalue weighted by molar-refractivity contribution is 0.445. The van der Waals surface area contributed by atoms with Gasteiger partial charge in [-0.05, 0) is 31.9 Å².